The van der Waals surface area contributed by atoms with Crippen molar-refractivity contribution in [2.75, 3.05) is 0 Å². The van der Waals surface area contributed by atoms with Crippen LogP contribution in [0.1, 0.15) is 104 Å². The highest BCUT2D eigenvalue weighted by molar-refractivity contribution is 4.59. The Morgan fingerprint density at radius 3 is 1.55 bits per heavy atom. The summed E-state index contributed by atoms with van der Waals surface area (Å²) in [6.07, 6.45) is 16.1. The summed E-state index contributed by atoms with van der Waals surface area (Å²) in [5, 5.41) is 20.6. The largest absolute Gasteiger partial charge is 0.393 e. The SMILES string of the molecule is CCCCCCCCCCCCCCC([O])CC(C)O. The summed E-state index contributed by atoms with van der Waals surface area (Å²) < 4.78 is 0. The zero-order chi connectivity index (χ0) is 15.1. The predicted octanol–water partition coefficient (Wildman–Crippen LogP) is 5.65. The van der Waals surface area contributed by atoms with Gasteiger partial charge in [-0.3, -0.25) is 0 Å². The molecular formula is C18H37O2. The van der Waals surface area contributed by atoms with E-state index in [1.807, 2.05) is 0 Å². The summed E-state index contributed by atoms with van der Waals surface area (Å²) in [5.74, 6) is 0. The van der Waals surface area contributed by atoms with E-state index in [1.54, 1.807) is 6.92 Å². The molecule has 2 nitrogen and oxygen atoms in total. The van der Waals surface area contributed by atoms with Gasteiger partial charge >= 0.3 is 0 Å². The van der Waals surface area contributed by atoms with Crippen LogP contribution in [0.25, 0.3) is 0 Å². The van der Waals surface area contributed by atoms with Crippen LogP contribution in [0.15, 0.2) is 0 Å². The maximum atomic E-state index is 11.5. The highest BCUT2D eigenvalue weighted by Crippen LogP contribution is 2.14. The Balaban J connectivity index is 3.06. The molecular weight excluding hydrogens is 248 g/mol. The second-order valence-electron chi connectivity index (χ2n) is 6.38. The molecule has 0 heterocycles. The summed E-state index contributed by atoms with van der Waals surface area (Å²) in [7, 11) is 0. The molecule has 0 aliphatic carbocycles. The molecule has 2 atom stereocenters. The van der Waals surface area contributed by atoms with E-state index < -0.39 is 12.2 Å². The van der Waals surface area contributed by atoms with Gasteiger partial charge in [-0.2, -0.15) is 0 Å². The van der Waals surface area contributed by atoms with Crippen LogP contribution in [0.3, 0.4) is 0 Å². The number of rotatable bonds is 15. The Morgan fingerprint density at radius 2 is 1.15 bits per heavy atom. The smallest absolute Gasteiger partial charge is 0.0954 e. The molecule has 1 N–H and O–H groups in total. The second kappa shape index (κ2) is 15.3. The van der Waals surface area contributed by atoms with Crippen LogP contribution in [-0.4, -0.2) is 17.3 Å². The van der Waals surface area contributed by atoms with Gasteiger partial charge in [-0.05, 0) is 13.3 Å². The van der Waals surface area contributed by atoms with Crippen molar-refractivity contribution in [3.05, 3.63) is 0 Å². The first kappa shape index (κ1) is 19.9. The highest BCUT2D eigenvalue weighted by Gasteiger charge is 2.08. The third-order valence-electron chi connectivity index (χ3n) is 3.98. The Hall–Kier alpha value is -0.0800. The van der Waals surface area contributed by atoms with E-state index in [2.05, 4.69) is 6.92 Å². The van der Waals surface area contributed by atoms with Crippen molar-refractivity contribution in [3.8, 4) is 0 Å². The lowest BCUT2D eigenvalue weighted by Crippen LogP contribution is -2.13. The highest BCUT2D eigenvalue weighted by atomic mass is 16.3. The summed E-state index contributed by atoms with van der Waals surface area (Å²) in [5.41, 5.74) is 0. The molecule has 0 saturated carbocycles. The number of hydrogen-bond donors (Lipinski definition) is 1. The van der Waals surface area contributed by atoms with E-state index in [0.29, 0.717) is 6.42 Å². The summed E-state index contributed by atoms with van der Waals surface area (Å²) >= 11 is 0. The monoisotopic (exact) mass is 285 g/mol. The second-order valence-corrected chi connectivity index (χ2v) is 6.38. The van der Waals surface area contributed by atoms with Crippen LogP contribution in [0.2, 0.25) is 0 Å². The van der Waals surface area contributed by atoms with E-state index in [1.165, 1.54) is 70.6 Å². The van der Waals surface area contributed by atoms with Gasteiger partial charge in [-0.15, -0.1) is 0 Å². The molecule has 20 heavy (non-hydrogen) atoms. The lowest BCUT2D eigenvalue weighted by molar-refractivity contribution is 0.0323. The van der Waals surface area contributed by atoms with Crippen molar-refractivity contribution in [3.63, 3.8) is 0 Å². The molecule has 0 aromatic carbocycles. The molecule has 0 aromatic heterocycles. The van der Waals surface area contributed by atoms with Gasteiger partial charge in [0, 0.05) is 6.42 Å². The molecule has 0 rings (SSSR count). The molecule has 0 bridgehead atoms. The van der Waals surface area contributed by atoms with Gasteiger partial charge < -0.3 is 5.11 Å². The van der Waals surface area contributed by atoms with Crippen LogP contribution in [-0.2, 0) is 5.11 Å². The van der Waals surface area contributed by atoms with Crippen LogP contribution >= 0.6 is 0 Å². The van der Waals surface area contributed by atoms with Crippen molar-refractivity contribution in [1.82, 2.24) is 0 Å². The maximum absolute atomic E-state index is 11.5. The molecule has 2 unspecified atom stereocenters. The zero-order valence-electron chi connectivity index (χ0n) is 13.9. The Morgan fingerprint density at radius 1 is 0.750 bits per heavy atom. The fourth-order valence-electron chi connectivity index (χ4n) is 2.71. The van der Waals surface area contributed by atoms with Crippen LogP contribution in [0.5, 0.6) is 0 Å². The first-order chi connectivity index (χ1) is 9.66. The molecule has 0 amide bonds. The van der Waals surface area contributed by atoms with E-state index in [4.69, 9.17) is 5.11 Å². The molecule has 0 aromatic rings. The number of unbranched alkanes of at least 4 members (excludes halogenated alkanes) is 11. The Kier molecular flexibility index (Phi) is 15.3. The number of hydrogen-bond acceptors (Lipinski definition) is 1. The molecule has 121 valence electrons. The standard InChI is InChI=1S/C18H37O2/c1-3-4-5-6-7-8-9-10-11-12-13-14-15-18(20)16-17(2)19/h17-19H,3-16H2,1-2H3. The van der Waals surface area contributed by atoms with Gasteiger partial charge in [-0.1, -0.05) is 84.0 Å². The minimum absolute atomic E-state index is 0.415. The third-order valence-corrected chi connectivity index (χ3v) is 3.98. The Bertz CT molecular complexity index is 180. The lowest BCUT2D eigenvalue weighted by Gasteiger charge is -2.09. The van der Waals surface area contributed by atoms with Crippen molar-refractivity contribution >= 4 is 0 Å². The molecule has 1 radical (unpaired) electrons. The normalized spacial score (nSPS) is 14.4. The van der Waals surface area contributed by atoms with Crippen LogP contribution in [0, 0.1) is 0 Å². The van der Waals surface area contributed by atoms with Crippen molar-refractivity contribution in [1.29, 1.82) is 0 Å². The zero-order valence-corrected chi connectivity index (χ0v) is 13.9. The number of aliphatic hydroxyl groups excluding tert-OH is 1. The summed E-state index contributed by atoms with van der Waals surface area (Å²) in [6, 6.07) is 0. The average Bonchev–Trinajstić information content (AvgIpc) is 2.39. The van der Waals surface area contributed by atoms with E-state index >= 15 is 0 Å². The summed E-state index contributed by atoms with van der Waals surface area (Å²) in [4.78, 5) is 0. The average molecular weight is 285 g/mol. The van der Waals surface area contributed by atoms with Crippen LogP contribution < -0.4 is 0 Å². The van der Waals surface area contributed by atoms with Crippen molar-refractivity contribution < 1.29 is 10.2 Å². The first-order valence-corrected chi connectivity index (χ1v) is 9.00. The minimum atomic E-state index is -0.557. The molecule has 0 aliphatic rings. The molecule has 0 saturated heterocycles. The fourth-order valence-corrected chi connectivity index (χ4v) is 2.71. The summed E-state index contributed by atoms with van der Waals surface area (Å²) in [6.45, 7) is 3.96. The van der Waals surface area contributed by atoms with Gasteiger partial charge in [0.25, 0.3) is 0 Å². The van der Waals surface area contributed by atoms with Gasteiger partial charge in [0.2, 0.25) is 0 Å². The quantitative estimate of drug-likeness (QED) is 0.388. The van der Waals surface area contributed by atoms with E-state index in [0.717, 1.165) is 12.8 Å². The first-order valence-electron chi connectivity index (χ1n) is 9.00. The van der Waals surface area contributed by atoms with Crippen LogP contribution in [0.4, 0.5) is 0 Å². The lowest BCUT2D eigenvalue weighted by atomic mass is 10.0. The molecule has 0 fully saturated rings. The van der Waals surface area contributed by atoms with Crippen molar-refractivity contribution in [2.24, 2.45) is 0 Å². The van der Waals surface area contributed by atoms with Crippen molar-refractivity contribution in [2.45, 2.75) is 116 Å². The van der Waals surface area contributed by atoms with E-state index in [-0.39, 0.29) is 0 Å². The van der Waals surface area contributed by atoms with Gasteiger partial charge in [-0.25, -0.2) is 5.11 Å². The fraction of sp³-hybridized carbons (Fsp3) is 1.00. The minimum Gasteiger partial charge on any atom is -0.393 e. The molecule has 2 heteroatoms. The Labute approximate surface area is 127 Å². The topological polar surface area (TPSA) is 40.1 Å². The third kappa shape index (κ3) is 16.0. The predicted molar refractivity (Wildman–Crippen MR) is 86.5 cm³/mol. The molecule has 0 spiro atoms. The van der Waals surface area contributed by atoms with E-state index in [9.17, 15) is 5.11 Å². The van der Waals surface area contributed by atoms with Gasteiger partial charge in [0.15, 0.2) is 0 Å². The molecule has 0 aliphatic heterocycles. The maximum Gasteiger partial charge on any atom is 0.0954 e. The van der Waals surface area contributed by atoms with Gasteiger partial charge in [0.1, 0.15) is 0 Å². The van der Waals surface area contributed by atoms with Gasteiger partial charge in [0.05, 0.1) is 12.2 Å². The number of aliphatic hydroxyl groups is 1.